The highest BCUT2D eigenvalue weighted by molar-refractivity contribution is 7.99. The lowest BCUT2D eigenvalue weighted by atomic mass is 10.1. The largest absolute Gasteiger partial charge is 0.416 e. The van der Waals surface area contributed by atoms with E-state index in [0.717, 1.165) is 17.9 Å². The molecular formula is C17H16F3NOS. The van der Waals surface area contributed by atoms with Gasteiger partial charge in [-0.3, -0.25) is 4.79 Å². The minimum Gasteiger partial charge on any atom is -0.336 e. The van der Waals surface area contributed by atoms with Gasteiger partial charge >= 0.3 is 6.18 Å². The second kappa shape index (κ2) is 7.55. The molecule has 0 fully saturated rings. The van der Waals surface area contributed by atoms with Crippen molar-refractivity contribution in [1.29, 1.82) is 0 Å². The summed E-state index contributed by atoms with van der Waals surface area (Å²) >= 11 is 1.45. The average molecular weight is 339 g/mol. The van der Waals surface area contributed by atoms with Crippen molar-refractivity contribution in [3.05, 3.63) is 71.3 Å². The first-order valence-electron chi connectivity index (χ1n) is 7.06. The van der Waals surface area contributed by atoms with Crippen molar-refractivity contribution in [2.75, 3.05) is 5.75 Å². The van der Waals surface area contributed by atoms with Gasteiger partial charge in [0.1, 0.15) is 5.37 Å². The second-order valence-electron chi connectivity index (χ2n) is 4.79. The Balaban J connectivity index is 2.16. The molecule has 2 rings (SSSR count). The summed E-state index contributed by atoms with van der Waals surface area (Å²) in [5.74, 6) is 0.470. The Bertz CT molecular complexity index is 641. The fourth-order valence-electron chi connectivity index (χ4n) is 2.03. The summed E-state index contributed by atoms with van der Waals surface area (Å²) in [5.41, 5.74) is 0.450. The van der Waals surface area contributed by atoms with Gasteiger partial charge in [0.05, 0.1) is 5.56 Å². The van der Waals surface area contributed by atoms with Crippen molar-refractivity contribution in [2.45, 2.75) is 18.5 Å². The lowest BCUT2D eigenvalue weighted by Crippen LogP contribution is -2.26. The van der Waals surface area contributed by atoms with E-state index in [2.05, 4.69) is 5.32 Å². The van der Waals surface area contributed by atoms with E-state index in [1.807, 2.05) is 13.0 Å². The predicted molar refractivity (Wildman–Crippen MR) is 86.2 cm³/mol. The van der Waals surface area contributed by atoms with Gasteiger partial charge in [-0.1, -0.05) is 37.3 Å². The molecule has 122 valence electrons. The van der Waals surface area contributed by atoms with E-state index in [-0.39, 0.29) is 5.91 Å². The highest BCUT2D eigenvalue weighted by atomic mass is 32.2. The molecule has 0 aliphatic rings. The van der Waals surface area contributed by atoms with Crippen LogP contribution >= 0.6 is 11.8 Å². The molecule has 6 heteroatoms. The van der Waals surface area contributed by atoms with Gasteiger partial charge < -0.3 is 5.32 Å². The molecule has 0 saturated carbocycles. The smallest absolute Gasteiger partial charge is 0.336 e. The van der Waals surface area contributed by atoms with Crippen LogP contribution in [0, 0.1) is 0 Å². The number of benzene rings is 2. The van der Waals surface area contributed by atoms with Crippen molar-refractivity contribution in [3.8, 4) is 0 Å². The molecule has 1 amide bonds. The average Bonchev–Trinajstić information content (AvgIpc) is 2.54. The Morgan fingerprint density at radius 2 is 1.70 bits per heavy atom. The van der Waals surface area contributed by atoms with Crippen LogP contribution < -0.4 is 5.32 Å². The Labute approximate surface area is 137 Å². The van der Waals surface area contributed by atoms with Crippen LogP contribution in [0.5, 0.6) is 0 Å². The number of amides is 1. The molecule has 0 aliphatic carbocycles. The summed E-state index contributed by atoms with van der Waals surface area (Å²) in [4.78, 5) is 12.2. The minimum atomic E-state index is -4.36. The Kier molecular flexibility index (Phi) is 5.71. The molecule has 0 saturated heterocycles. The molecule has 0 bridgehead atoms. The van der Waals surface area contributed by atoms with E-state index in [4.69, 9.17) is 0 Å². The first kappa shape index (κ1) is 17.4. The molecule has 1 unspecified atom stereocenters. The standard InChI is InChI=1S/C17H16F3NOS/c1-2-23-16(21-15(22)12-6-4-3-5-7-12)13-8-10-14(11-9-13)17(18,19)20/h3-11,16H,2H2,1H3,(H,21,22). The SMILES string of the molecule is CCSC(NC(=O)c1ccccc1)c1ccc(C(F)(F)F)cc1. The highest BCUT2D eigenvalue weighted by Gasteiger charge is 2.30. The van der Waals surface area contributed by atoms with Gasteiger partial charge in [-0.2, -0.15) is 13.2 Å². The molecule has 0 aromatic heterocycles. The van der Waals surface area contributed by atoms with Crippen LogP contribution in [0.15, 0.2) is 54.6 Å². The van der Waals surface area contributed by atoms with Gasteiger partial charge in [0.15, 0.2) is 0 Å². The van der Waals surface area contributed by atoms with Gasteiger partial charge in [0, 0.05) is 5.56 Å². The number of halogens is 3. The van der Waals surface area contributed by atoms with Crippen molar-refractivity contribution in [2.24, 2.45) is 0 Å². The molecule has 23 heavy (non-hydrogen) atoms. The van der Waals surface area contributed by atoms with Crippen LogP contribution in [0.3, 0.4) is 0 Å². The fourth-order valence-corrected chi connectivity index (χ4v) is 2.90. The lowest BCUT2D eigenvalue weighted by Gasteiger charge is -2.19. The number of alkyl halides is 3. The number of hydrogen-bond acceptors (Lipinski definition) is 2. The van der Waals surface area contributed by atoms with Crippen LogP contribution in [-0.4, -0.2) is 11.7 Å². The number of hydrogen-bond donors (Lipinski definition) is 1. The van der Waals surface area contributed by atoms with Gasteiger partial charge in [-0.25, -0.2) is 0 Å². The fraction of sp³-hybridized carbons (Fsp3) is 0.235. The number of carbonyl (C=O) groups is 1. The van der Waals surface area contributed by atoms with Gasteiger partial charge in [0.2, 0.25) is 0 Å². The summed E-state index contributed by atoms with van der Waals surface area (Å²) in [6, 6.07) is 13.6. The molecule has 1 N–H and O–H groups in total. The number of nitrogens with one attached hydrogen (secondary N) is 1. The zero-order valence-electron chi connectivity index (χ0n) is 12.4. The van der Waals surface area contributed by atoms with Gasteiger partial charge in [0.25, 0.3) is 5.91 Å². The number of carbonyl (C=O) groups excluding carboxylic acids is 1. The molecule has 0 radical (unpaired) electrons. The molecule has 0 heterocycles. The van der Waals surface area contributed by atoms with Crippen molar-refractivity contribution < 1.29 is 18.0 Å². The van der Waals surface area contributed by atoms with Crippen molar-refractivity contribution in [1.82, 2.24) is 5.32 Å². The van der Waals surface area contributed by atoms with Gasteiger partial charge in [-0.15, -0.1) is 11.8 Å². The maximum absolute atomic E-state index is 12.6. The highest BCUT2D eigenvalue weighted by Crippen LogP contribution is 2.32. The summed E-state index contributed by atoms with van der Waals surface area (Å²) in [6.07, 6.45) is -4.36. The molecule has 2 nitrogen and oxygen atoms in total. The maximum Gasteiger partial charge on any atom is 0.416 e. The molecule has 2 aromatic rings. The zero-order valence-corrected chi connectivity index (χ0v) is 13.2. The van der Waals surface area contributed by atoms with E-state index in [0.29, 0.717) is 11.1 Å². The Morgan fingerprint density at radius 3 is 2.22 bits per heavy atom. The molecule has 1 atom stereocenters. The molecule has 2 aromatic carbocycles. The van der Waals surface area contributed by atoms with Crippen LogP contribution in [0.25, 0.3) is 0 Å². The lowest BCUT2D eigenvalue weighted by molar-refractivity contribution is -0.137. The number of rotatable bonds is 5. The zero-order chi connectivity index (χ0) is 16.9. The molecular weight excluding hydrogens is 323 g/mol. The molecule has 0 spiro atoms. The topological polar surface area (TPSA) is 29.1 Å². The third-order valence-corrected chi connectivity index (χ3v) is 4.23. The van der Waals surface area contributed by atoms with E-state index in [9.17, 15) is 18.0 Å². The summed E-state index contributed by atoms with van der Waals surface area (Å²) < 4.78 is 37.9. The first-order valence-corrected chi connectivity index (χ1v) is 8.11. The number of thioether (sulfide) groups is 1. The van der Waals surface area contributed by atoms with E-state index >= 15 is 0 Å². The molecule has 0 aliphatic heterocycles. The summed E-state index contributed by atoms with van der Waals surface area (Å²) in [7, 11) is 0. The monoisotopic (exact) mass is 339 g/mol. The van der Waals surface area contributed by atoms with E-state index < -0.39 is 17.1 Å². The Morgan fingerprint density at radius 1 is 1.09 bits per heavy atom. The van der Waals surface area contributed by atoms with Crippen LogP contribution in [0.2, 0.25) is 0 Å². The van der Waals surface area contributed by atoms with E-state index in [1.165, 1.54) is 23.9 Å². The third kappa shape index (κ3) is 4.76. The van der Waals surface area contributed by atoms with Crippen LogP contribution in [-0.2, 0) is 6.18 Å². The van der Waals surface area contributed by atoms with Crippen LogP contribution in [0.4, 0.5) is 13.2 Å². The summed E-state index contributed by atoms with van der Waals surface area (Å²) in [5, 5.41) is 2.46. The van der Waals surface area contributed by atoms with Crippen molar-refractivity contribution >= 4 is 17.7 Å². The Hall–Kier alpha value is -1.95. The summed E-state index contributed by atoms with van der Waals surface area (Å²) in [6.45, 7) is 1.93. The van der Waals surface area contributed by atoms with Crippen LogP contribution in [0.1, 0.15) is 33.8 Å². The minimum absolute atomic E-state index is 0.253. The third-order valence-electron chi connectivity index (χ3n) is 3.17. The van der Waals surface area contributed by atoms with Crippen molar-refractivity contribution in [3.63, 3.8) is 0 Å². The quantitative estimate of drug-likeness (QED) is 0.786. The van der Waals surface area contributed by atoms with E-state index in [1.54, 1.807) is 24.3 Å². The normalized spacial score (nSPS) is 12.7. The predicted octanol–water partition coefficient (Wildman–Crippen LogP) is 4.89. The second-order valence-corrected chi connectivity index (χ2v) is 6.18. The first-order chi connectivity index (χ1) is 10.9. The van der Waals surface area contributed by atoms with Gasteiger partial charge in [-0.05, 0) is 35.6 Å². The maximum atomic E-state index is 12.6.